The third-order valence-corrected chi connectivity index (χ3v) is 4.43. The van der Waals surface area contributed by atoms with Crippen molar-refractivity contribution in [3.8, 4) is 0 Å². The molecule has 0 amide bonds. The predicted octanol–water partition coefficient (Wildman–Crippen LogP) is 2.82. The summed E-state index contributed by atoms with van der Waals surface area (Å²) in [7, 11) is 1.82. The van der Waals surface area contributed by atoms with Crippen molar-refractivity contribution >= 4 is 27.6 Å². The van der Waals surface area contributed by atoms with Crippen LogP contribution < -0.4 is 4.90 Å². The Balaban J connectivity index is 2.07. The van der Waals surface area contributed by atoms with Crippen LogP contribution in [0.3, 0.4) is 0 Å². The fraction of sp³-hybridized carbons (Fsp3) is 0.500. The quantitative estimate of drug-likeness (QED) is 0.891. The minimum Gasteiger partial charge on any atom is -0.478 e. The molecule has 2 rings (SSSR count). The van der Waals surface area contributed by atoms with E-state index in [9.17, 15) is 9.18 Å². The molecule has 1 N–H and O–H groups in total. The molecule has 4 nitrogen and oxygen atoms in total. The monoisotopic (exact) mass is 344 g/mol. The number of rotatable bonds is 5. The number of likely N-dealkylation sites (N-methyl/N-ethyl adjacent to an activating group) is 1. The highest BCUT2D eigenvalue weighted by atomic mass is 79.9. The fourth-order valence-electron chi connectivity index (χ4n) is 2.42. The summed E-state index contributed by atoms with van der Waals surface area (Å²) in [5.74, 6) is -1.66. The Hall–Kier alpha value is -1.14. The maximum absolute atomic E-state index is 14.2. The van der Waals surface area contributed by atoms with E-state index in [0.29, 0.717) is 5.69 Å². The van der Waals surface area contributed by atoms with Crippen molar-refractivity contribution in [1.29, 1.82) is 0 Å². The van der Waals surface area contributed by atoms with E-state index in [1.54, 1.807) is 0 Å². The van der Waals surface area contributed by atoms with E-state index in [2.05, 4.69) is 20.8 Å². The molecule has 1 aromatic carbocycles. The second-order valence-electron chi connectivity index (χ2n) is 5.04. The van der Waals surface area contributed by atoms with Gasteiger partial charge in [-0.3, -0.25) is 0 Å². The Morgan fingerprint density at radius 1 is 1.45 bits per heavy atom. The van der Waals surface area contributed by atoms with Gasteiger partial charge < -0.3 is 14.9 Å². The molecule has 0 unspecified atom stereocenters. The summed E-state index contributed by atoms with van der Waals surface area (Å²) in [4.78, 5) is 15.1. The Labute approximate surface area is 126 Å². The Morgan fingerprint density at radius 2 is 2.10 bits per heavy atom. The summed E-state index contributed by atoms with van der Waals surface area (Å²) in [5, 5.41) is 8.95. The number of carboxylic acids is 1. The number of hydrogen-bond donors (Lipinski definition) is 1. The molecule has 0 saturated carbocycles. The number of likely N-dealkylation sites (tertiary alicyclic amines) is 1. The van der Waals surface area contributed by atoms with Gasteiger partial charge in [0.15, 0.2) is 5.82 Å². The van der Waals surface area contributed by atoms with E-state index in [1.807, 2.05) is 11.9 Å². The minimum absolute atomic E-state index is 0.00974. The van der Waals surface area contributed by atoms with Crippen LogP contribution in [-0.4, -0.2) is 49.2 Å². The maximum Gasteiger partial charge on any atom is 0.336 e. The van der Waals surface area contributed by atoms with E-state index in [1.165, 1.54) is 25.0 Å². The highest BCUT2D eigenvalue weighted by molar-refractivity contribution is 9.10. The zero-order valence-corrected chi connectivity index (χ0v) is 13.0. The average molecular weight is 345 g/mol. The van der Waals surface area contributed by atoms with Gasteiger partial charge in [-0.2, -0.15) is 0 Å². The Kier molecular flexibility index (Phi) is 4.99. The first kappa shape index (κ1) is 15.3. The molecule has 0 atom stereocenters. The molecular weight excluding hydrogens is 327 g/mol. The van der Waals surface area contributed by atoms with Crippen molar-refractivity contribution in [2.24, 2.45) is 0 Å². The van der Waals surface area contributed by atoms with Gasteiger partial charge in [0, 0.05) is 20.1 Å². The van der Waals surface area contributed by atoms with Crippen LogP contribution in [-0.2, 0) is 0 Å². The maximum atomic E-state index is 14.2. The van der Waals surface area contributed by atoms with Crippen LogP contribution >= 0.6 is 15.9 Å². The van der Waals surface area contributed by atoms with Gasteiger partial charge in [0.2, 0.25) is 0 Å². The summed E-state index contributed by atoms with van der Waals surface area (Å²) in [6.07, 6.45) is 2.47. The molecule has 1 fully saturated rings. The van der Waals surface area contributed by atoms with Crippen LogP contribution in [0.4, 0.5) is 10.1 Å². The van der Waals surface area contributed by atoms with Crippen molar-refractivity contribution in [3.05, 3.63) is 28.0 Å². The van der Waals surface area contributed by atoms with Crippen LogP contribution in [0.1, 0.15) is 23.2 Å². The largest absolute Gasteiger partial charge is 0.478 e. The smallest absolute Gasteiger partial charge is 0.336 e. The summed E-state index contributed by atoms with van der Waals surface area (Å²) < 4.78 is 14.2. The summed E-state index contributed by atoms with van der Waals surface area (Å²) >= 11 is 3.02. The molecule has 0 spiro atoms. The van der Waals surface area contributed by atoms with Gasteiger partial charge in [-0.1, -0.05) is 0 Å². The van der Waals surface area contributed by atoms with Crippen molar-refractivity contribution in [2.45, 2.75) is 12.8 Å². The number of aromatic carboxylic acids is 1. The fourth-order valence-corrected chi connectivity index (χ4v) is 2.92. The molecule has 110 valence electrons. The lowest BCUT2D eigenvalue weighted by Gasteiger charge is -2.24. The van der Waals surface area contributed by atoms with Gasteiger partial charge in [0.25, 0.3) is 0 Å². The van der Waals surface area contributed by atoms with E-state index >= 15 is 0 Å². The topological polar surface area (TPSA) is 43.8 Å². The van der Waals surface area contributed by atoms with Crippen LogP contribution in [0.15, 0.2) is 16.6 Å². The molecule has 1 heterocycles. The van der Waals surface area contributed by atoms with Crippen molar-refractivity contribution in [2.75, 3.05) is 38.1 Å². The van der Waals surface area contributed by atoms with Gasteiger partial charge in [0.05, 0.1) is 15.7 Å². The van der Waals surface area contributed by atoms with Gasteiger partial charge in [0.1, 0.15) is 0 Å². The van der Waals surface area contributed by atoms with E-state index < -0.39 is 11.8 Å². The Bertz CT molecular complexity index is 504. The normalized spacial score (nSPS) is 15.6. The molecular formula is C14H18BrFN2O2. The predicted molar refractivity (Wildman–Crippen MR) is 80.0 cm³/mol. The van der Waals surface area contributed by atoms with Gasteiger partial charge in [-0.15, -0.1) is 0 Å². The number of hydrogen-bond acceptors (Lipinski definition) is 3. The minimum atomic E-state index is -1.14. The van der Waals surface area contributed by atoms with Gasteiger partial charge >= 0.3 is 5.97 Å². The van der Waals surface area contributed by atoms with Gasteiger partial charge in [-0.05, 0) is 54.0 Å². The Morgan fingerprint density at radius 3 is 2.70 bits per heavy atom. The number of halogens is 2. The molecule has 1 saturated heterocycles. The molecule has 0 aliphatic carbocycles. The average Bonchev–Trinajstić information content (AvgIpc) is 2.92. The lowest BCUT2D eigenvalue weighted by molar-refractivity contribution is 0.0695. The van der Waals surface area contributed by atoms with Crippen LogP contribution in [0.5, 0.6) is 0 Å². The first-order chi connectivity index (χ1) is 9.50. The summed E-state index contributed by atoms with van der Waals surface area (Å²) in [6, 6.07) is 2.95. The SMILES string of the molecule is CN(CCN1CCCC1)c1ccc(C(=O)O)c(Br)c1F. The zero-order chi connectivity index (χ0) is 14.7. The number of carboxylic acid groups (broad SMARTS) is 1. The third kappa shape index (κ3) is 3.30. The second kappa shape index (κ2) is 6.54. The van der Waals surface area contributed by atoms with Crippen molar-refractivity contribution in [1.82, 2.24) is 4.90 Å². The standard InChI is InChI=1S/C14H18BrFN2O2/c1-17(8-9-18-6-2-3-7-18)11-5-4-10(14(19)20)12(15)13(11)16/h4-5H,2-3,6-9H2,1H3,(H,19,20). The van der Waals surface area contributed by atoms with Crippen molar-refractivity contribution in [3.63, 3.8) is 0 Å². The summed E-state index contributed by atoms with van der Waals surface area (Å²) in [5.41, 5.74) is 0.361. The molecule has 0 radical (unpaired) electrons. The lowest BCUT2D eigenvalue weighted by atomic mass is 10.2. The number of carbonyl (C=O) groups is 1. The first-order valence-electron chi connectivity index (χ1n) is 6.65. The highest BCUT2D eigenvalue weighted by Crippen LogP contribution is 2.29. The molecule has 1 aliphatic rings. The lowest BCUT2D eigenvalue weighted by Crippen LogP contribution is -2.31. The van der Waals surface area contributed by atoms with E-state index in [0.717, 1.165) is 26.2 Å². The zero-order valence-electron chi connectivity index (χ0n) is 11.4. The van der Waals surface area contributed by atoms with Crippen LogP contribution in [0.25, 0.3) is 0 Å². The van der Waals surface area contributed by atoms with E-state index in [-0.39, 0.29) is 10.0 Å². The number of nitrogens with zero attached hydrogens (tertiary/aromatic N) is 2. The molecule has 0 aromatic heterocycles. The number of anilines is 1. The van der Waals surface area contributed by atoms with Crippen LogP contribution in [0, 0.1) is 5.82 Å². The number of benzene rings is 1. The highest BCUT2D eigenvalue weighted by Gasteiger charge is 2.18. The second-order valence-corrected chi connectivity index (χ2v) is 5.83. The van der Waals surface area contributed by atoms with E-state index in [4.69, 9.17) is 5.11 Å². The third-order valence-electron chi connectivity index (χ3n) is 3.65. The first-order valence-corrected chi connectivity index (χ1v) is 7.45. The molecule has 20 heavy (non-hydrogen) atoms. The van der Waals surface area contributed by atoms with Crippen molar-refractivity contribution < 1.29 is 14.3 Å². The van der Waals surface area contributed by atoms with Gasteiger partial charge in [-0.25, -0.2) is 9.18 Å². The molecule has 1 aliphatic heterocycles. The molecule has 6 heteroatoms. The molecule has 0 bridgehead atoms. The summed E-state index contributed by atoms with van der Waals surface area (Å²) in [6.45, 7) is 3.83. The van der Waals surface area contributed by atoms with Crippen LogP contribution in [0.2, 0.25) is 0 Å². The molecule has 1 aromatic rings.